The average molecular weight is 235 g/mol. The molecule has 1 aliphatic rings. The Morgan fingerprint density at radius 3 is 2.59 bits per heavy atom. The monoisotopic (exact) mass is 235 g/mol. The number of cyclic esters (lactones) is 1. The molecule has 0 bridgehead atoms. The van der Waals surface area contributed by atoms with Gasteiger partial charge in [0.2, 0.25) is 5.91 Å². The van der Waals surface area contributed by atoms with Crippen LogP contribution in [-0.4, -0.2) is 30.1 Å². The number of nitriles is 2. The van der Waals surface area contributed by atoms with Gasteiger partial charge in [0.25, 0.3) is 0 Å². The zero-order valence-electron chi connectivity index (χ0n) is 9.77. The number of hydrogen-bond donors (Lipinski definition) is 0. The van der Waals surface area contributed by atoms with Crippen molar-refractivity contribution in [2.75, 3.05) is 13.2 Å². The second-order valence-corrected chi connectivity index (χ2v) is 4.19. The number of imide groups is 1. The summed E-state index contributed by atoms with van der Waals surface area (Å²) in [4.78, 5) is 23.9. The van der Waals surface area contributed by atoms with E-state index in [9.17, 15) is 9.59 Å². The van der Waals surface area contributed by atoms with Crippen molar-refractivity contribution in [1.82, 2.24) is 4.90 Å². The number of nitrogens with zero attached hydrogens (tertiary/aromatic N) is 3. The van der Waals surface area contributed by atoms with E-state index < -0.39 is 23.3 Å². The molecular weight excluding hydrogens is 222 g/mol. The highest BCUT2D eigenvalue weighted by atomic mass is 16.6. The van der Waals surface area contributed by atoms with E-state index in [4.69, 9.17) is 10.5 Å². The van der Waals surface area contributed by atoms with Gasteiger partial charge in [0.05, 0.1) is 18.7 Å². The number of amides is 2. The lowest BCUT2D eigenvalue weighted by molar-refractivity contribution is -0.129. The Kier molecular flexibility index (Phi) is 3.69. The van der Waals surface area contributed by atoms with Crippen molar-refractivity contribution in [2.45, 2.75) is 20.3 Å². The zero-order chi connectivity index (χ0) is 13.1. The Morgan fingerprint density at radius 2 is 2.18 bits per heavy atom. The smallest absolute Gasteiger partial charge is 0.416 e. The van der Waals surface area contributed by atoms with Gasteiger partial charge in [0.15, 0.2) is 0 Å². The summed E-state index contributed by atoms with van der Waals surface area (Å²) in [6, 6.07) is 3.77. The number of rotatable bonds is 3. The molecule has 6 nitrogen and oxygen atoms in total. The van der Waals surface area contributed by atoms with Crippen LogP contribution < -0.4 is 0 Å². The van der Waals surface area contributed by atoms with Crippen molar-refractivity contribution in [3.63, 3.8) is 0 Å². The molecular formula is C11H13N3O3. The molecule has 1 rings (SSSR count). The van der Waals surface area contributed by atoms with Crippen molar-refractivity contribution in [3.05, 3.63) is 0 Å². The van der Waals surface area contributed by atoms with Crippen LogP contribution in [0.5, 0.6) is 0 Å². The van der Waals surface area contributed by atoms with Crippen LogP contribution in [0.15, 0.2) is 0 Å². The summed E-state index contributed by atoms with van der Waals surface area (Å²) in [5.74, 6) is -0.852. The van der Waals surface area contributed by atoms with Crippen molar-refractivity contribution in [3.8, 4) is 12.1 Å². The topological polar surface area (TPSA) is 94.2 Å². The second kappa shape index (κ2) is 4.84. The molecule has 0 aliphatic carbocycles. The number of carbonyl (C=O) groups excluding carboxylic acids is 2. The molecule has 0 aromatic carbocycles. The standard InChI is InChI=1S/C11H13N3O3/c1-8(11(2,6-12)7-13)5-9(15)14-3-4-17-10(14)16/h8H,3-5H2,1-2H3/t8-/m0/s1. The lowest BCUT2D eigenvalue weighted by atomic mass is 9.79. The second-order valence-electron chi connectivity index (χ2n) is 4.19. The van der Waals surface area contributed by atoms with Gasteiger partial charge < -0.3 is 4.74 Å². The maximum atomic E-state index is 11.8. The van der Waals surface area contributed by atoms with Crippen LogP contribution in [0.3, 0.4) is 0 Å². The quantitative estimate of drug-likeness (QED) is 0.728. The van der Waals surface area contributed by atoms with Crippen molar-refractivity contribution >= 4 is 12.0 Å². The van der Waals surface area contributed by atoms with Gasteiger partial charge >= 0.3 is 6.09 Å². The molecule has 0 saturated carbocycles. The van der Waals surface area contributed by atoms with Gasteiger partial charge in [-0.2, -0.15) is 10.5 Å². The van der Waals surface area contributed by atoms with E-state index in [0.717, 1.165) is 4.90 Å². The molecule has 90 valence electrons. The van der Waals surface area contributed by atoms with Crippen LogP contribution in [0.4, 0.5) is 4.79 Å². The third kappa shape index (κ3) is 2.54. The summed E-state index contributed by atoms with van der Waals surface area (Å²) in [5, 5.41) is 17.8. The Labute approximate surface area is 99.4 Å². The fourth-order valence-corrected chi connectivity index (χ4v) is 1.44. The number of carbonyl (C=O) groups is 2. The van der Waals surface area contributed by atoms with Crippen LogP contribution in [0.25, 0.3) is 0 Å². The molecule has 0 aromatic rings. The Bertz CT molecular complexity index is 405. The molecule has 1 heterocycles. The van der Waals surface area contributed by atoms with Crippen molar-refractivity contribution in [1.29, 1.82) is 10.5 Å². The molecule has 1 aliphatic heterocycles. The van der Waals surface area contributed by atoms with E-state index in [1.165, 1.54) is 6.92 Å². The van der Waals surface area contributed by atoms with Gasteiger partial charge in [-0.25, -0.2) is 9.69 Å². The Balaban J connectivity index is 2.67. The highest BCUT2D eigenvalue weighted by Crippen LogP contribution is 2.28. The summed E-state index contributed by atoms with van der Waals surface area (Å²) >= 11 is 0. The van der Waals surface area contributed by atoms with E-state index in [-0.39, 0.29) is 19.6 Å². The minimum Gasteiger partial charge on any atom is -0.447 e. The molecule has 1 atom stereocenters. The summed E-state index contributed by atoms with van der Waals surface area (Å²) in [6.07, 6.45) is -0.676. The maximum Gasteiger partial charge on any atom is 0.416 e. The fraction of sp³-hybridized carbons (Fsp3) is 0.636. The first-order chi connectivity index (χ1) is 7.94. The summed E-state index contributed by atoms with van der Waals surface area (Å²) in [7, 11) is 0. The Morgan fingerprint density at radius 1 is 1.59 bits per heavy atom. The zero-order valence-corrected chi connectivity index (χ0v) is 9.77. The number of hydrogen-bond acceptors (Lipinski definition) is 5. The molecule has 1 saturated heterocycles. The normalized spacial score (nSPS) is 16.9. The average Bonchev–Trinajstić information content (AvgIpc) is 2.74. The van der Waals surface area contributed by atoms with Gasteiger partial charge in [0.1, 0.15) is 12.0 Å². The maximum absolute atomic E-state index is 11.8. The minimum atomic E-state index is -1.22. The summed E-state index contributed by atoms with van der Waals surface area (Å²) in [5.41, 5.74) is -1.22. The van der Waals surface area contributed by atoms with Crippen LogP contribution in [0.1, 0.15) is 20.3 Å². The van der Waals surface area contributed by atoms with Crippen molar-refractivity contribution in [2.24, 2.45) is 11.3 Å². The largest absolute Gasteiger partial charge is 0.447 e. The van der Waals surface area contributed by atoms with Gasteiger partial charge in [-0.15, -0.1) is 0 Å². The predicted molar refractivity (Wildman–Crippen MR) is 56.2 cm³/mol. The van der Waals surface area contributed by atoms with E-state index in [1.54, 1.807) is 6.92 Å². The van der Waals surface area contributed by atoms with E-state index >= 15 is 0 Å². The summed E-state index contributed by atoms with van der Waals surface area (Å²) in [6.45, 7) is 3.56. The lowest BCUT2D eigenvalue weighted by Crippen LogP contribution is -2.35. The van der Waals surface area contributed by atoms with Crippen LogP contribution in [-0.2, 0) is 9.53 Å². The van der Waals surface area contributed by atoms with Crippen LogP contribution in [0, 0.1) is 34.0 Å². The molecule has 0 unspecified atom stereocenters. The molecule has 0 radical (unpaired) electrons. The van der Waals surface area contributed by atoms with Gasteiger partial charge in [-0.1, -0.05) is 6.92 Å². The number of ether oxygens (including phenoxy) is 1. The molecule has 17 heavy (non-hydrogen) atoms. The highest BCUT2D eigenvalue weighted by Gasteiger charge is 2.36. The van der Waals surface area contributed by atoms with E-state index in [0.29, 0.717) is 0 Å². The highest BCUT2D eigenvalue weighted by molar-refractivity contribution is 5.93. The van der Waals surface area contributed by atoms with Gasteiger partial charge in [-0.3, -0.25) is 4.79 Å². The summed E-state index contributed by atoms with van der Waals surface area (Å²) < 4.78 is 4.64. The predicted octanol–water partition coefficient (Wildman–Crippen LogP) is 1.04. The first-order valence-corrected chi connectivity index (χ1v) is 5.24. The molecule has 0 aromatic heterocycles. The van der Waals surface area contributed by atoms with E-state index in [1.807, 2.05) is 12.1 Å². The van der Waals surface area contributed by atoms with Gasteiger partial charge in [-0.05, 0) is 12.8 Å². The first-order valence-electron chi connectivity index (χ1n) is 5.24. The van der Waals surface area contributed by atoms with Crippen molar-refractivity contribution < 1.29 is 14.3 Å². The Hall–Kier alpha value is -2.08. The van der Waals surface area contributed by atoms with Gasteiger partial charge in [0, 0.05) is 6.42 Å². The third-order valence-electron chi connectivity index (χ3n) is 2.99. The molecule has 0 spiro atoms. The molecule has 0 N–H and O–H groups in total. The minimum absolute atomic E-state index is 0.0211. The SMILES string of the molecule is C[C@@H](CC(=O)N1CCOC1=O)C(C)(C#N)C#N. The molecule has 2 amide bonds. The van der Waals surface area contributed by atoms with Crippen LogP contribution in [0.2, 0.25) is 0 Å². The first kappa shape index (κ1) is 13.0. The van der Waals surface area contributed by atoms with E-state index in [2.05, 4.69) is 4.74 Å². The third-order valence-corrected chi connectivity index (χ3v) is 2.99. The lowest BCUT2D eigenvalue weighted by Gasteiger charge is -2.22. The molecule has 6 heteroatoms. The van der Waals surface area contributed by atoms with Crippen LogP contribution >= 0.6 is 0 Å². The fourth-order valence-electron chi connectivity index (χ4n) is 1.44. The molecule has 1 fully saturated rings.